The fourth-order valence-electron chi connectivity index (χ4n) is 2.78. The second-order valence-corrected chi connectivity index (χ2v) is 6.98. The molecule has 3 rings (SSSR count). The molecule has 7 nitrogen and oxygen atoms in total. The van der Waals surface area contributed by atoms with E-state index in [0.717, 1.165) is 36.1 Å². The van der Waals surface area contributed by atoms with Gasteiger partial charge in [-0.1, -0.05) is 43.3 Å². The Morgan fingerprint density at radius 1 is 1.21 bits per heavy atom. The fraction of sp³-hybridized carbons (Fsp3) is 0.381. The van der Waals surface area contributed by atoms with Crippen LogP contribution in [0.3, 0.4) is 0 Å². The molecule has 0 spiro atoms. The molecular weight excluding hydrogens is 479 g/mol. The van der Waals surface area contributed by atoms with Crippen LogP contribution in [0.2, 0.25) is 0 Å². The fourth-order valence-corrected chi connectivity index (χ4v) is 2.78. The molecule has 29 heavy (non-hydrogen) atoms. The molecule has 8 heteroatoms. The first kappa shape index (κ1) is 22.9. The van der Waals surface area contributed by atoms with Crippen molar-refractivity contribution in [2.45, 2.75) is 46.3 Å². The molecule has 1 aromatic carbocycles. The monoisotopic (exact) mass is 508 g/mol. The third-order valence-corrected chi connectivity index (χ3v) is 4.28. The Kier molecular flexibility index (Phi) is 9.17. The first-order valence-corrected chi connectivity index (χ1v) is 9.65. The van der Waals surface area contributed by atoms with Crippen molar-refractivity contribution in [3.8, 4) is 0 Å². The summed E-state index contributed by atoms with van der Waals surface area (Å²) in [6.07, 6.45) is 5.58. The number of guanidine groups is 1. The van der Waals surface area contributed by atoms with Gasteiger partial charge in [0.25, 0.3) is 0 Å². The summed E-state index contributed by atoms with van der Waals surface area (Å²) in [7, 11) is 0. The van der Waals surface area contributed by atoms with Gasteiger partial charge in [-0.2, -0.15) is 0 Å². The SMILES string of the molecule is CCNC(=NCc1cccc(Cn2ccnc2)c1)NCc1cc(C(C)C)no1.I. The van der Waals surface area contributed by atoms with Crippen LogP contribution < -0.4 is 10.6 Å². The van der Waals surface area contributed by atoms with Gasteiger partial charge in [-0.3, -0.25) is 0 Å². The highest BCUT2D eigenvalue weighted by Crippen LogP contribution is 2.13. The number of rotatable bonds is 8. The second-order valence-electron chi connectivity index (χ2n) is 6.98. The molecule has 3 aromatic rings. The van der Waals surface area contributed by atoms with E-state index in [1.807, 2.05) is 25.5 Å². The first-order chi connectivity index (χ1) is 13.6. The first-order valence-electron chi connectivity index (χ1n) is 9.65. The maximum Gasteiger partial charge on any atom is 0.191 e. The highest BCUT2D eigenvalue weighted by molar-refractivity contribution is 14.0. The predicted octanol–water partition coefficient (Wildman–Crippen LogP) is 3.92. The van der Waals surface area contributed by atoms with Gasteiger partial charge in [0.1, 0.15) is 0 Å². The number of aliphatic imine (C=N–C) groups is 1. The van der Waals surface area contributed by atoms with Crippen LogP contribution in [-0.4, -0.2) is 27.2 Å². The third-order valence-electron chi connectivity index (χ3n) is 4.28. The average Bonchev–Trinajstić information content (AvgIpc) is 3.36. The molecule has 0 amide bonds. The maximum absolute atomic E-state index is 5.38. The number of nitrogens with one attached hydrogen (secondary N) is 2. The number of benzene rings is 1. The normalized spacial score (nSPS) is 11.4. The van der Waals surface area contributed by atoms with Gasteiger partial charge in [0.05, 0.1) is 25.1 Å². The summed E-state index contributed by atoms with van der Waals surface area (Å²) in [5.74, 6) is 1.91. The van der Waals surface area contributed by atoms with Gasteiger partial charge in [0.15, 0.2) is 11.7 Å². The molecule has 0 atom stereocenters. The molecule has 0 bridgehead atoms. The van der Waals surface area contributed by atoms with Crippen molar-refractivity contribution in [3.05, 3.63) is 71.6 Å². The molecule has 0 saturated carbocycles. The van der Waals surface area contributed by atoms with Crippen LogP contribution in [0.15, 0.2) is 58.6 Å². The minimum Gasteiger partial charge on any atom is -0.359 e. The summed E-state index contributed by atoms with van der Waals surface area (Å²) in [6.45, 7) is 8.99. The number of halogens is 1. The van der Waals surface area contributed by atoms with E-state index >= 15 is 0 Å². The van der Waals surface area contributed by atoms with E-state index in [0.29, 0.717) is 19.0 Å². The number of imidazole rings is 1. The van der Waals surface area contributed by atoms with Crippen molar-refractivity contribution in [3.63, 3.8) is 0 Å². The second kappa shape index (κ2) is 11.6. The average molecular weight is 508 g/mol. The van der Waals surface area contributed by atoms with Crippen molar-refractivity contribution < 1.29 is 4.52 Å². The lowest BCUT2D eigenvalue weighted by Crippen LogP contribution is -2.36. The predicted molar refractivity (Wildman–Crippen MR) is 125 cm³/mol. The van der Waals surface area contributed by atoms with Gasteiger partial charge in [-0.05, 0) is 24.0 Å². The Bertz CT molecular complexity index is 888. The van der Waals surface area contributed by atoms with Gasteiger partial charge in [-0.15, -0.1) is 24.0 Å². The van der Waals surface area contributed by atoms with Crippen molar-refractivity contribution in [2.24, 2.45) is 4.99 Å². The summed E-state index contributed by atoms with van der Waals surface area (Å²) in [5, 5.41) is 10.7. The molecule has 0 saturated heterocycles. The zero-order valence-electron chi connectivity index (χ0n) is 17.1. The topological polar surface area (TPSA) is 80.3 Å². The summed E-state index contributed by atoms with van der Waals surface area (Å²) in [5.41, 5.74) is 3.36. The Balaban J connectivity index is 0.00000300. The van der Waals surface area contributed by atoms with Crippen LogP contribution in [0.5, 0.6) is 0 Å². The van der Waals surface area contributed by atoms with Crippen LogP contribution in [0, 0.1) is 0 Å². The lowest BCUT2D eigenvalue weighted by Gasteiger charge is -2.10. The van der Waals surface area contributed by atoms with Gasteiger partial charge >= 0.3 is 0 Å². The molecular formula is C21H29IN6O. The van der Waals surface area contributed by atoms with Crippen LogP contribution in [0.4, 0.5) is 0 Å². The van der Waals surface area contributed by atoms with Gasteiger partial charge < -0.3 is 19.7 Å². The minimum absolute atomic E-state index is 0. The van der Waals surface area contributed by atoms with E-state index in [9.17, 15) is 0 Å². The quantitative estimate of drug-likeness (QED) is 0.274. The zero-order chi connectivity index (χ0) is 19.8. The number of hydrogen-bond acceptors (Lipinski definition) is 4. The molecule has 0 aliphatic carbocycles. The van der Waals surface area contributed by atoms with Crippen molar-refractivity contribution in [1.29, 1.82) is 0 Å². The Hall–Kier alpha value is -2.36. The minimum atomic E-state index is 0. The Morgan fingerprint density at radius 3 is 2.72 bits per heavy atom. The largest absolute Gasteiger partial charge is 0.359 e. The van der Waals surface area contributed by atoms with Crippen LogP contribution >= 0.6 is 24.0 Å². The lowest BCUT2D eigenvalue weighted by molar-refractivity contribution is 0.372. The summed E-state index contributed by atoms with van der Waals surface area (Å²) in [6, 6.07) is 10.4. The lowest BCUT2D eigenvalue weighted by atomic mass is 10.1. The van der Waals surface area contributed by atoms with E-state index in [1.165, 1.54) is 5.56 Å². The molecule has 0 radical (unpaired) electrons. The highest BCUT2D eigenvalue weighted by Gasteiger charge is 2.08. The van der Waals surface area contributed by atoms with E-state index in [1.54, 1.807) is 6.20 Å². The van der Waals surface area contributed by atoms with E-state index in [2.05, 4.69) is 63.5 Å². The molecule has 0 fully saturated rings. The van der Waals surface area contributed by atoms with Gasteiger partial charge in [0, 0.05) is 31.5 Å². The summed E-state index contributed by atoms with van der Waals surface area (Å²) in [4.78, 5) is 8.78. The molecule has 2 aromatic heterocycles. The molecule has 0 unspecified atom stereocenters. The Morgan fingerprint density at radius 2 is 2.03 bits per heavy atom. The van der Waals surface area contributed by atoms with Crippen LogP contribution in [0.1, 0.15) is 49.3 Å². The van der Waals surface area contributed by atoms with Gasteiger partial charge in [-0.25, -0.2) is 9.98 Å². The standard InChI is InChI=1S/C21H28N6O.HI/c1-4-23-21(25-13-19-11-20(16(2)3)26-28-19)24-12-17-6-5-7-18(10-17)14-27-9-8-22-15-27;/h5-11,15-16H,4,12-14H2,1-3H3,(H2,23,24,25);1H. The molecule has 0 aliphatic heterocycles. The molecule has 2 heterocycles. The van der Waals surface area contributed by atoms with E-state index in [-0.39, 0.29) is 24.0 Å². The smallest absolute Gasteiger partial charge is 0.191 e. The van der Waals surface area contributed by atoms with E-state index < -0.39 is 0 Å². The van der Waals surface area contributed by atoms with Gasteiger partial charge in [0.2, 0.25) is 0 Å². The van der Waals surface area contributed by atoms with Crippen molar-refractivity contribution in [2.75, 3.05) is 6.54 Å². The van der Waals surface area contributed by atoms with Crippen molar-refractivity contribution >= 4 is 29.9 Å². The maximum atomic E-state index is 5.38. The highest BCUT2D eigenvalue weighted by atomic mass is 127. The van der Waals surface area contributed by atoms with Crippen LogP contribution in [0.25, 0.3) is 0 Å². The van der Waals surface area contributed by atoms with Crippen LogP contribution in [-0.2, 0) is 19.6 Å². The Labute approximate surface area is 189 Å². The third kappa shape index (κ3) is 7.19. The molecule has 0 aliphatic rings. The number of nitrogens with zero attached hydrogens (tertiary/aromatic N) is 4. The van der Waals surface area contributed by atoms with Crippen molar-refractivity contribution in [1.82, 2.24) is 25.3 Å². The summed E-state index contributed by atoms with van der Waals surface area (Å²) < 4.78 is 7.43. The summed E-state index contributed by atoms with van der Waals surface area (Å²) >= 11 is 0. The molecule has 2 N–H and O–H groups in total. The number of aromatic nitrogens is 3. The molecule has 156 valence electrons. The number of hydrogen-bond donors (Lipinski definition) is 2. The zero-order valence-corrected chi connectivity index (χ0v) is 19.5. The van der Waals surface area contributed by atoms with E-state index in [4.69, 9.17) is 9.52 Å².